The molecule has 1 fully saturated rings. The SMILES string of the molecule is CCOCC(=O)Oc1c(C)ccnc1C(=O)NC1COC(=O)C(CC)C(OC(=O)C(C)C)C(C)OC1=O. The Morgan fingerprint density at radius 3 is 2.51 bits per heavy atom. The fourth-order valence-corrected chi connectivity index (χ4v) is 3.47. The van der Waals surface area contributed by atoms with Crippen molar-refractivity contribution in [3.05, 3.63) is 23.5 Å². The van der Waals surface area contributed by atoms with E-state index >= 15 is 0 Å². The normalized spacial score (nSPS) is 22.1. The second kappa shape index (κ2) is 13.7. The van der Waals surface area contributed by atoms with Crippen LogP contribution in [-0.2, 0) is 38.1 Å². The third-order valence-electron chi connectivity index (χ3n) is 5.57. The van der Waals surface area contributed by atoms with Gasteiger partial charge < -0.3 is 29.0 Å². The lowest BCUT2D eigenvalue weighted by Gasteiger charge is -2.29. The molecule has 37 heavy (non-hydrogen) atoms. The highest BCUT2D eigenvalue weighted by molar-refractivity contribution is 5.98. The highest BCUT2D eigenvalue weighted by atomic mass is 16.6. The Hall–Kier alpha value is -3.54. The molecule has 4 atom stereocenters. The summed E-state index contributed by atoms with van der Waals surface area (Å²) in [6.45, 7) is 9.26. The zero-order chi connectivity index (χ0) is 27.7. The molecule has 2 heterocycles. The average molecular weight is 523 g/mol. The van der Waals surface area contributed by atoms with Gasteiger partial charge in [-0.3, -0.25) is 14.4 Å². The molecule has 0 saturated carbocycles. The van der Waals surface area contributed by atoms with Gasteiger partial charge in [-0.15, -0.1) is 0 Å². The zero-order valence-corrected chi connectivity index (χ0v) is 21.9. The summed E-state index contributed by atoms with van der Waals surface area (Å²) in [4.78, 5) is 67.1. The van der Waals surface area contributed by atoms with E-state index < -0.39 is 66.5 Å². The van der Waals surface area contributed by atoms with E-state index in [4.69, 9.17) is 23.7 Å². The molecule has 1 saturated heterocycles. The van der Waals surface area contributed by atoms with Gasteiger partial charge in [0.05, 0.1) is 11.8 Å². The van der Waals surface area contributed by atoms with Gasteiger partial charge in [0.15, 0.2) is 23.6 Å². The minimum absolute atomic E-state index is 0.0989. The van der Waals surface area contributed by atoms with Crippen LogP contribution in [0.5, 0.6) is 5.75 Å². The molecule has 1 aromatic rings. The number of esters is 4. The van der Waals surface area contributed by atoms with Crippen LogP contribution in [0.1, 0.15) is 57.1 Å². The molecule has 0 aliphatic carbocycles. The van der Waals surface area contributed by atoms with Crippen LogP contribution in [0.15, 0.2) is 12.3 Å². The number of hydrogen-bond donors (Lipinski definition) is 1. The molecule has 0 aromatic carbocycles. The first-order valence-electron chi connectivity index (χ1n) is 12.1. The van der Waals surface area contributed by atoms with Crippen LogP contribution < -0.4 is 10.1 Å². The average Bonchev–Trinajstić information content (AvgIpc) is 2.88. The quantitative estimate of drug-likeness (QED) is 0.370. The van der Waals surface area contributed by atoms with Crippen molar-refractivity contribution in [1.82, 2.24) is 10.3 Å². The van der Waals surface area contributed by atoms with Crippen molar-refractivity contribution >= 4 is 29.8 Å². The maximum Gasteiger partial charge on any atom is 0.337 e. The second-order valence-corrected chi connectivity index (χ2v) is 8.79. The molecular formula is C25H34N2O10. The van der Waals surface area contributed by atoms with Gasteiger partial charge in [-0.25, -0.2) is 14.6 Å². The number of nitrogens with zero attached hydrogens (tertiary/aromatic N) is 1. The van der Waals surface area contributed by atoms with Crippen LogP contribution in [-0.4, -0.2) is 72.8 Å². The summed E-state index contributed by atoms with van der Waals surface area (Å²) in [5.74, 6) is -5.19. The topological polar surface area (TPSA) is 156 Å². The number of carbonyl (C=O) groups excluding carboxylic acids is 5. The van der Waals surface area contributed by atoms with E-state index in [9.17, 15) is 24.0 Å². The lowest BCUT2D eigenvalue weighted by atomic mass is 9.95. The molecule has 0 bridgehead atoms. The molecule has 12 heteroatoms. The number of rotatable bonds is 9. The smallest absolute Gasteiger partial charge is 0.337 e. The van der Waals surface area contributed by atoms with E-state index in [2.05, 4.69) is 10.3 Å². The molecule has 1 aliphatic heterocycles. The first kappa shape index (κ1) is 29.7. The summed E-state index contributed by atoms with van der Waals surface area (Å²) >= 11 is 0. The van der Waals surface area contributed by atoms with Gasteiger partial charge in [-0.1, -0.05) is 20.8 Å². The highest BCUT2D eigenvalue weighted by Gasteiger charge is 2.41. The molecule has 4 unspecified atom stereocenters. The summed E-state index contributed by atoms with van der Waals surface area (Å²) in [6, 6.07) is 0.145. The predicted octanol–water partition coefficient (Wildman–Crippen LogP) is 1.51. The number of amides is 1. The van der Waals surface area contributed by atoms with Crippen LogP contribution in [0.4, 0.5) is 0 Å². The number of ether oxygens (including phenoxy) is 5. The molecule has 0 spiro atoms. The third kappa shape index (κ3) is 7.97. The molecule has 1 amide bonds. The van der Waals surface area contributed by atoms with Gasteiger partial charge in [0.1, 0.15) is 19.3 Å². The Labute approximate surface area is 215 Å². The fraction of sp³-hybridized carbons (Fsp3) is 0.600. The third-order valence-corrected chi connectivity index (χ3v) is 5.57. The molecule has 0 radical (unpaired) electrons. The number of pyridine rings is 1. The van der Waals surface area contributed by atoms with E-state index in [-0.39, 0.29) is 24.5 Å². The minimum Gasteiger partial charge on any atom is -0.463 e. The Morgan fingerprint density at radius 2 is 1.89 bits per heavy atom. The van der Waals surface area contributed by atoms with E-state index in [0.29, 0.717) is 12.2 Å². The van der Waals surface area contributed by atoms with Crippen molar-refractivity contribution < 1.29 is 47.7 Å². The van der Waals surface area contributed by atoms with Crippen LogP contribution in [0.25, 0.3) is 0 Å². The number of cyclic esters (lactones) is 2. The van der Waals surface area contributed by atoms with Gasteiger partial charge in [-0.2, -0.15) is 0 Å². The van der Waals surface area contributed by atoms with Crippen LogP contribution in [0.2, 0.25) is 0 Å². The van der Waals surface area contributed by atoms with Crippen LogP contribution >= 0.6 is 0 Å². The van der Waals surface area contributed by atoms with Gasteiger partial charge in [0, 0.05) is 12.8 Å². The van der Waals surface area contributed by atoms with Gasteiger partial charge in [-0.05, 0) is 38.8 Å². The largest absolute Gasteiger partial charge is 0.463 e. The highest BCUT2D eigenvalue weighted by Crippen LogP contribution is 2.24. The summed E-state index contributed by atoms with van der Waals surface area (Å²) in [7, 11) is 0. The first-order chi connectivity index (χ1) is 17.5. The Kier molecular flexibility index (Phi) is 11.0. The standard InChI is InChI=1S/C25H34N2O10/c1-7-16-21(37-23(30)13(3)4)15(6)35-25(32)17(11-34-24(16)31)27-22(29)19-20(14(5)9-10-26-19)36-18(28)12-33-8-2/h9-10,13,15-17,21H,7-8,11-12H2,1-6H3,(H,27,29). The van der Waals surface area contributed by atoms with E-state index in [1.54, 1.807) is 40.7 Å². The predicted molar refractivity (Wildman–Crippen MR) is 127 cm³/mol. The summed E-state index contributed by atoms with van der Waals surface area (Å²) in [6.07, 6.45) is -0.469. The van der Waals surface area contributed by atoms with E-state index in [0.717, 1.165) is 0 Å². The van der Waals surface area contributed by atoms with Gasteiger partial charge in [0.2, 0.25) is 0 Å². The number of nitrogens with one attached hydrogen (secondary N) is 1. The summed E-state index contributed by atoms with van der Waals surface area (Å²) in [5, 5.41) is 2.43. The molecule has 1 aromatic heterocycles. The van der Waals surface area contributed by atoms with Gasteiger partial charge >= 0.3 is 23.9 Å². The van der Waals surface area contributed by atoms with Crippen LogP contribution in [0.3, 0.4) is 0 Å². The molecule has 1 N–H and O–H groups in total. The fourth-order valence-electron chi connectivity index (χ4n) is 3.47. The van der Waals surface area contributed by atoms with Crippen LogP contribution in [0, 0.1) is 18.8 Å². The number of aromatic nitrogens is 1. The monoisotopic (exact) mass is 522 g/mol. The van der Waals surface area contributed by atoms with E-state index in [1.807, 2.05) is 0 Å². The molecule has 12 nitrogen and oxygen atoms in total. The number of aryl methyl sites for hydroxylation is 1. The van der Waals surface area contributed by atoms with Crippen molar-refractivity contribution in [2.24, 2.45) is 11.8 Å². The number of hydrogen-bond acceptors (Lipinski definition) is 11. The number of carbonyl (C=O) groups is 5. The van der Waals surface area contributed by atoms with Crippen molar-refractivity contribution in [1.29, 1.82) is 0 Å². The molecule has 2 rings (SSSR count). The summed E-state index contributed by atoms with van der Waals surface area (Å²) in [5.41, 5.74) is 0.190. The Bertz CT molecular complexity index is 1010. The Balaban J connectivity index is 2.26. The minimum atomic E-state index is -1.40. The molecule has 204 valence electrons. The lowest BCUT2D eigenvalue weighted by molar-refractivity contribution is -0.176. The van der Waals surface area contributed by atoms with Crippen molar-refractivity contribution in [3.8, 4) is 5.75 Å². The Morgan fingerprint density at radius 1 is 1.19 bits per heavy atom. The van der Waals surface area contributed by atoms with Crippen molar-refractivity contribution in [3.63, 3.8) is 0 Å². The molecular weight excluding hydrogens is 488 g/mol. The van der Waals surface area contributed by atoms with Gasteiger partial charge in [0.25, 0.3) is 5.91 Å². The zero-order valence-electron chi connectivity index (χ0n) is 21.9. The van der Waals surface area contributed by atoms with Crippen molar-refractivity contribution in [2.75, 3.05) is 19.8 Å². The molecule has 1 aliphatic rings. The van der Waals surface area contributed by atoms with E-state index in [1.165, 1.54) is 13.1 Å². The second-order valence-electron chi connectivity index (χ2n) is 8.79. The maximum atomic E-state index is 13.1. The van der Waals surface area contributed by atoms with Crippen molar-refractivity contribution in [2.45, 2.75) is 66.2 Å². The first-order valence-corrected chi connectivity index (χ1v) is 12.1. The maximum absolute atomic E-state index is 13.1. The summed E-state index contributed by atoms with van der Waals surface area (Å²) < 4.78 is 26.6. The lowest BCUT2D eigenvalue weighted by Crippen LogP contribution is -2.47.